The molecule has 0 heterocycles. The number of ether oxygens (including phenoxy) is 1. The van der Waals surface area contributed by atoms with E-state index in [9.17, 15) is 5.11 Å². The Morgan fingerprint density at radius 2 is 1.93 bits per heavy atom. The van der Waals surface area contributed by atoms with Crippen molar-refractivity contribution in [2.75, 3.05) is 0 Å². The van der Waals surface area contributed by atoms with Gasteiger partial charge in [0.2, 0.25) is 0 Å². The summed E-state index contributed by atoms with van der Waals surface area (Å²) in [7, 11) is 0. The van der Waals surface area contributed by atoms with Gasteiger partial charge in [0.1, 0.15) is 0 Å². The highest BCUT2D eigenvalue weighted by Gasteiger charge is 2.27. The van der Waals surface area contributed by atoms with Crippen LogP contribution in [0.4, 0.5) is 0 Å². The summed E-state index contributed by atoms with van der Waals surface area (Å²) in [5, 5.41) is 9.37. The summed E-state index contributed by atoms with van der Waals surface area (Å²) in [5.41, 5.74) is 6.86. The summed E-state index contributed by atoms with van der Waals surface area (Å²) >= 11 is 0. The smallest absolute Gasteiger partial charge is 0.0940 e. The Morgan fingerprint density at radius 1 is 1.20 bits per heavy atom. The molecule has 0 aliphatic heterocycles. The lowest BCUT2D eigenvalue weighted by Crippen LogP contribution is -2.40. The first-order valence-corrected chi connectivity index (χ1v) is 5.05. The van der Waals surface area contributed by atoms with Gasteiger partial charge in [-0.05, 0) is 5.56 Å². The SMILES string of the molecule is N[C@@H]1[C@@H](O)C=C[C@H]1OCc1ccccc1. The average molecular weight is 205 g/mol. The number of aliphatic hydroxyl groups excluding tert-OH is 1. The molecule has 3 atom stereocenters. The van der Waals surface area contributed by atoms with Crippen LogP contribution in [0.3, 0.4) is 0 Å². The number of benzene rings is 1. The topological polar surface area (TPSA) is 55.5 Å². The van der Waals surface area contributed by atoms with Gasteiger partial charge in [0, 0.05) is 0 Å². The van der Waals surface area contributed by atoms with E-state index in [2.05, 4.69) is 0 Å². The van der Waals surface area contributed by atoms with Crippen molar-refractivity contribution in [1.29, 1.82) is 0 Å². The van der Waals surface area contributed by atoms with E-state index in [-0.39, 0.29) is 12.1 Å². The van der Waals surface area contributed by atoms with Crippen LogP contribution in [0.25, 0.3) is 0 Å². The molecular formula is C12H15NO2. The summed E-state index contributed by atoms with van der Waals surface area (Å²) < 4.78 is 5.60. The van der Waals surface area contributed by atoms with E-state index in [0.29, 0.717) is 6.61 Å². The van der Waals surface area contributed by atoms with Gasteiger partial charge in [-0.25, -0.2) is 0 Å². The van der Waals surface area contributed by atoms with Crippen LogP contribution in [-0.2, 0) is 11.3 Å². The largest absolute Gasteiger partial charge is 0.387 e. The average Bonchev–Trinajstić information content (AvgIpc) is 2.59. The van der Waals surface area contributed by atoms with Crippen molar-refractivity contribution in [2.45, 2.75) is 24.9 Å². The third-order valence-electron chi connectivity index (χ3n) is 2.56. The standard InChI is InChI=1S/C12H15NO2/c13-12-10(14)6-7-11(12)15-8-9-4-2-1-3-5-9/h1-7,10-12,14H,8,13H2/t10-,11+,12+/m0/s1. The molecule has 0 saturated heterocycles. The van der Waals surface area contributed by atoms with Gasteiger partial charge in [-0.3, -0.25) is 0 Å². The minimum atomic E-state index is -0.578. The Balaban J connectivity index is 1.87. The fraction of sp³-hybridized carbons (Fsp3) is 0.333. The van der Waals surface area contributed by atoms with Gasteiger partial charge in [0.15, 0.2) is 0 Å². The molecular weight excluding hydrogens is 190 g/mol. The number of rotatable bonds is 3. The molecule has 80 valence electrons. The quantitative estimate of drug-likeness (QED) is 0.719. The first kappa shape index (κ1) is 10.4. The summed E-state index contributed by atoms with van der Waals surface area (Å²) in [4.78, 5) is 0. The Bertz CT molecular complexity index is 337. The maximum atomic E-state index is 9.37. The van der Waals surface area contributed by atoms with Crippen LogP contribution in [0.1, 0.15) is 5.56 Å². The lowest BCUT2D eigenvalue weighted by Gasteiger charge is -2.18. The maximum Gasteiger partial charge on any atom is 0.0940 e. The van der Waals surface area contributed by atoms with E-state index in [1.807, 2.05) is 36.4 Å². The molecule has 1 aliphatic rings. The predicted molar refractivity (Wildman–Crippen MR) is 58.1 cm³/mol. The molecule has 0 radical (unpaired) electrons. The number of nitrogens with two attached hydrogens (primary N) is 1. The molecule has 0 saturated carbocycles. The molecule has 3 N–H and O–H groups in total. The number of hydrogen-bond acceptors (Lipinski definition) is 3. The molecule has 15 heavy (non-hydrogen) atoms. The van der Waals surface area contributed by atoms with Gasteiger partial charge in [-0.1, -0.05) is 42.5 Å². The zero-order valence-corrected chi connectivity index (χ0v) is 8.41. The first-order valence-electron chi connectivity index (χ1n) is 5.05. The van der Waals surface area contributed by atoms with Gasteiger partial charge in [-0.15, -0.1) is 0 Å². The van der Waals surface area contributed by atoms with Crippen LogP contribution >= 0.6 is 0 Å². The van der Waals surface area contributed by atoms with Gasteiger partial charge < -0.3 is 15.6 Å². The van der Waals surface area contributed by atoms with Gasteiger partial charge in [0.25, 0.3) is 0 Å². The highest BCUT2D eigenvalue weighted by Crippen LogP contribution is 2.15. The molecule has 1 aromatic rings. The highest BCUT2D eigenvalue weighted by molar-refractivity contribution is 5.15. The van der Waals surface area contributed by atoms with E-state index in [1.54, 1.807) is 6.08 Å². The van der Waals surface area contributed by atoms with Crippen molar-refractivity contribution in [3.8, 4) is 0 Å². The fourth-order valence-corrected chi connectivity index (χ4v) is 1.61. The van der Waals surface area contributed by atoms with Gasteiger partial charge >= 0.3 is 0 Å². The molecule has 0 bridgehead atoms. The minimum absolute atomic E-state index is 0.180. The normalized spacial score (nSPS) is 29.6. The molecule has 3 nitrogen and oxygen atoms in total. The molecule has 1 aliphatic carbocycles. The second-order valence-corrected chi connectivity index (χ2v) is 3.71. The number of hydrogen-bond donors (Lipinski definition) is 2. The molecule has 0 unspecified atom stereocenters. The Hall–Kier alpha value is -1.16. The number of aliphatic hydroxyl groups is 1. The third-order valence-corrected chi connectivity index (χ3v) is 2.56. The molecule has 2 rings (SSSR count). The summed E-state index contributed by atoms with van der Waals surface area (Å²) in [6.45, 7) is 0.524. The van der Waals surface area contributed by atoms with Crippen molar-refractivity contribution >= 4 is 0 Å². The third kappa shape index (κ3) is 2.45. The zero-order valence-electron chi connectivity index (χ0n) is 8.41. The molecule has 0 fully saturated rings. The monoisotopic (exact) mass is 205 g/mol. The Labute approximate surface area is 89.2 Å². The van der Waals surface area contributed by atoms with Crippen molar-refractivity contribution < 1.29 is 9.84 Å². The van der Waals surface area contributed by atoms with Gasteiger partial charge in [-0.2, -0.15) is 0 Å². The van der Waals surface area contributed by atoms with Crippen molar-refractivity contribution in [2.24, 2.45) is 5.73 Å². The Kier molecular flexibility index (Phi) is 3.16. The van der Waals surface area contributed by atoms with Crippen molar-refractivity contribution in [1.82, 2.24) is 0 Å². The van der Waals surface area contributed by atoms with Crippen LogP contribution in [0.2, 0.25) is 0 Å². The predicted octanol–water partition coefficient (Wildman–Crippen LogP) is 0.830. The van der Waals surface area contributed by atoms with Crippen LogP contribution in [0, 0.1) is 0 Å². The fourth-order valence-electron chi connectivity index (χ4n) is 1.61. The molecule has 3 heteroatoms. The second-order valence-electron chi connectivity index (χ2n) is 3.71. The van der Waals surface area contributed by atoms with E-state index < -0.39 is 6.10 Å². The summed E-state index contributed by atoms with van der Waals surface area (Å²) in [5.74, 6) is 0. The zero-order chi connectivity index (χ0) is 10.7. The highest BCUT2D eigenvalue weighted by atomic mass is 16.5. The van der Waals surface area contributed by atoms with E-state index >= 15 is 0 Å². The maximum absolute atomic E-state index is 9.37. The van der Waals surface area contributed by atoms with Crippen molar-refractivity contribution in [3.05, 3.63) is 48.0 Å². The Morgan fingerprint density at radius 3 is 2.53 bits per heavy atom. The summed E-state index contributed by atoms with van der Waals surface area (Å²) in [6, 6.07) is 9.57. The van der Waals surface area contributed by atoms with Gasteiger partial charge in [0.05, 0.1) is 24.9 Å². The van der Waals surface area contributed by atoms with Crippen LogP contribution in [0.5, 0.6) is 0 Å². The molecule has 1 aromatic carbocycles. The molecule has 0 spiro atoms. The van der Waals surface area contributed by atoms with Crippen LogP contribution < -0.4 is 5.73 Å². The van der Waals surface area contributed by atoms with Crippen LogP contribution in [0.15, 0.2) is 42.5 Å². The first-order chi connectivity index (χ1) is 7.27. The van der Waals surface area contributed by atoms with E-state index in [4.69, 9.17) is 10.5 Å². The van der Waals surface area contributed by atoms with E-state index in [0.717, 1.165) is 5.56 Å². The van der Waals surface area contributed by atoms with Crippen molar-refractivity contribution in [3.63, 3.8) is 0 Å². The summed E-state index contributed by atoms with van der Waals surface area (Å²) in [6.07, 6.45) is 2.74. The second kappa shape index (κ2) is 4.57. The lowest BCUT2D eigenvalue weighted by molar-refractivity contribution is 0.0373. The minimum Gasteiger partial charge on any atom is -0.387 e. The van der Waals surface area contributed by atoms with Crippen LogP contribution in [-0.4, -0.2) is 23.4 Å². The molecule has 0 amide bonds. The lowest BCUT2D eigenvalue weighted by atomic mass is 10.2. The van der Waals surface area contributed by atoms with E-state index in [1.165, 1.54) is 0 Å². The molecule has 0 aromatic heterocycles.